The molecular formula is C22H37NO3. The third-order valence-corrected chi connectivity index (χ3v) is 6.75. The molecule has 0 aliphatic heterocycles. The molecule has 0 spiro atoms. The lowest BCUT2D eigenvalue weighted by molar-refractivity contribution is -0.0403. The van der Waals surface area contributed by atoms with Crippen LogP contribution in [0.15, 0.2) is 17.3 Å². The second kappa shape index (κ2) is 9.36. The summed E-state index contributed by atoms with van der Waals surface area (Å²) in [7, 11) is 0. The van der Waals surface area contributed by atoms with Crippen molar-refractivity contribution in [3.63, 3.8) is 0 Å². The monoisotopic (exact) mass is 363 g/mol. The molecule has 3 rings (SSSR count). The van der Waals surface area contributed by atoms with Gasteiger partial charge in [-0.05, 0) is 51.9 Å². The van der Waals surface area contributed by atoms with Gasteiger partial charge in [0.25, 0.3) is 0 Å². The van der Waals surface area contributed by atoms with Gasteiger partial charge in [-0.15, -0.1) is 0 Å². The zero-order valence-electron chi connectivity index (χ0n) is 16.4. The van der Waals surface area contributed by atoms with E-state index in [2.05, 4.69) is 13.5 Å². The SMILES string of the molecule is C=C(OC1CCCCC1O)C1CCCCC1/C(C)=N/C1CCCCC1O. The van der Waals surface area contributed by atoms with Crippen molar-refractivity contribution in [1.82, 2.24) is 0 Å². The minimum Gasteiger partial charge on any atom is -0.492 e. The Hall–Kier alpha value is -0.870. The number of allylic oxidation sites excluding steroid dienone is 1. The van der Waals surface area contributed by atoms with E-state index in [-0.39, 0.29) is 24.4 Å². The maximum Gasteiger partial charge on any atom is 0.124 e. The summed E-state index contributed by atoms with van der Waals surface area (Å²) in [4.78, 5) is 4.96. The van der Waals surface area contributed by atoms with Crippen LogP contribution >= 0.6 is 0 Å². The number of hydrogen-bond donors (Lipinski definition) is 2. The van der Waals surface area contributed by atoms with Gasteiger partial charge in [0, 0.05) is 17.5 Å². The molecule has 3 saturated carbocycles. The summed E-state index contributed by atoms with van der Waals surface area (Å²) in [5, 5.41) is 20.5. The summed E-state index contributed by atoms with van der Waals surface area (Å²) < 4.78 is 6.19. The summed E-state index contributed by atoms with van der Waals surface area (Å²) in [5.41, 5.74) is 1.16. The van der Waals surface area contributed by atoms with Gasteiger partial charge in [0.15, 0.2) is 0 Å². The summed E-state index contributed by atoms with van der Waals surface area (Å²) >= 11 is 0. The van der Waals surface area contributed by atoms with Crippen LogP contribution in [-0.4, -0.2) is 40.3 Å². The van der Waals surface area contributed by atoms with Crippen LogP contribution in [0, 0.1) is 11.8 Å². The van der Waals surface area contributed by atoms with E-state index in [0.29, 0.717) is 11.8 Å². The van der Waals surface area contributed by atoms with Crippen molar-refractivity contribution in [2.75, 3.05) is 0 Å². The van der Waals surface area contributed by atoms with Gasteiger partial charge in [0.2, 0.25) is 0 Å². The fourth-order valence-corrected chi connectivity index (χ4v) is 5.11. The zero-order chi connectivity index (χ0) is 18.5. The topological polar surface area (TPSA) is 62.0 Å². The second-order valence-corrected chi connectivity index (χ2v) is 8.66. The highest BCUT2D eigenvalue weighted by molar-refractivity contribution is 5.85. The fourth-order valence-electron chi connectivity index (χ4n) is 5.11. The normalized spacial score (nSPS) is 39.4. The first-order valence-corrected chi connectivity index (χ1v) is 10.8. The van der Waals surface area contributed by atoms with E-state index in [1.807, 2.05) is 0 Å². The average molecular weight is 364 g/mol. The fraction of sp³-hybridized carbons (Fsp3) is 0.864. The summed E-state index contributed by atoms with van der Waals surface area (Å²) in [6.07, 6.45) is 12.1. The molecule has 3 fully saturated rings. The summed E-state index contributed by atoms with van der Waals surface area (Å²) in [6.45, 7) is 6.40. The Kier molecular flexibility index (Phi) is 7.16. The number of aliphatic hydroxyl groups excluding tert-OH is 2. The van der Waals surface area contributed by atoms with E-state index < -0.39 is 0 Å². The molecule has 0 aromatic heterocycles. The predicted octanol–water partition coefficient (Wildman–Crippen LogP) is 4.39. The summed E-state index contributed by atoms with van der Waals surface area (Å²) in [5.74, 6) is 1.51. The van der Waals surface area contributed by atoms with E-state index in [9.17, 15) is 10.2 Å². The van der Waals surface area contributed by atoms with Crippen LogP contribution in [0.25, 0.3) is 0 Å². The predicted molar refractivity (Wildman–Crippen MR) is 105 cm³/mol. The molecule has 3 aliphatic rings. The third kappa shape index (κ3) is 4.89. The number of hydrogen-bond acceptors (Lipinski definition) is 4. The van der Waals surface area contributed by atoms with Gasteiger partial charge < -0.3 is 14.9 Å². The molecule has 2 N–H and O–H groups in total. The lowest BCUT2D eigenvalue weighted by Gasteiger charge is -2.37. The number of nitrogens with zero attached hydrogens (tertiary/aromatic N) is 1. The second-order valence-electron chi connectivity index (χ2n) is 8.66. The number of rotatable bonds is 5. The first kappa shape index (κ1) is 19.9. The van der Waals surface area contributed by atoms with E-state index in [0.717, 1.165) is 69.3 Å². The first-order chi connectivity index (χ1) is 12.6. The van der Waals surface area contributed by atoms with Gasteiger partial charge >= 0.3 is 0 Å². The van der Waals surface area contributed by atoms with Crippen LogP contribution in [-0.2, 0) is 4.74 Å². The zero-order valence-corrected chi connectivity index (χ0v) is 16.4. The Bertz CT molecular complexity index is 504. The molecule has 0 bridgehead atoms. The highest BCUT2D eigenvalue weighted by Crippen LogP contribution is 2.38. The minimum absolute atomic E-state index is 0.0701. The third-order valence-electron chi connectivity index (χ3n) is 6.75. The van der Waals surface area contributed by atoms with Crippen LogP contribution in [0.3, 0.4) is 0 Å². The van der Waals surface area contributed by atoms with E-state index in [1.165, 1.54) is 19.3 Å². The standard InChI is InChI=1S/C22H37NO3/c1-15(23-19-11-5-6-12-20(19)24)17-9-3-4-10-18(17)16(2)26-22-14-8-7-13-21(22)25/h17-22,24-25H,2-14H2,1H3/b23-15+. The molecule has 0 aromatic carbocycles. The van der Waals surface area contributed by atoms with Crippen molar-refractivity contribution in [2.45, 2.75) is 108 Å². The molecule has 4 nitrogen and oxygen atoms in total. The largest absolute Gasteiger partial charge is 0.492 e. The van der Waals surface area contributed by atoms with Crippen molar-refractivity contribution in [3.05, 3.63) is 12.3 Å². The Labute approximate surface area is 158 Å². The Morgan fingerprint density at radius 1 is 0.808 bits per heavy atom. The molecule has 0 radical (unpaired) electrons. The van der Waals surface area contributed by atoms with Crippen LogP contribution in [0.2, 0.25) is 0 Å². The van der Waals surface area contributed by atoms with Gasteiger partial charge in [0.05, 0.1) is 24.0 Å². The van der Waals surface area contributed by atoms with Crippen LogP contribution in [0.4, 0.5) is 0 Å². The minimum atomic E-state index is -0.352. The Morgan fingerprint density at radius 2 is 1.38 bits per heavy atom. The smallest absolute Gasteiger partial charge is 0.124 e. The molecular weight excluding hydrogens is 326 g/mol. The maximum absolute atomic E-state index is 10.3. The Balaban J connectivity index is 1.65. The van der Waals surface area contributed by atoms with Gasteiger partial charge in [0.1, 0.15) is 6.10 Å². The quantitative estimate of drug-likeness (QED) is 0.562. The number of aliphatic imine (C=N–C) groups is 1. The van der Waals surface area contributed by atoms with Crippen LogP contribution in [0.5, 0.6) is 0 Å². The van der Waals surface area contributed by atoms with Gasteiger partial charge in [-0.3, -0.25) is 4.99 Å². The van der Waals surface area contributed by atoms with E-state index in [4.69, 9.17) is 9.73 Å². The highest BCUT2D eigenvalue weighted by atomic mass is 16.5. The lowest BCUT2D eigenvalue weighted by Crippen LogP contribution is -2.36. The molecule has 4 heteroatoms. The van der Waals surface area contributed by atoms with Crippen LogP contribution in [0.1, 0.15) is 84.0 Å². The Morgan fingerprint density at radius 3 is 2.08 bits per heavy atom. The van der Waals surface area contributed by atoms with Crippen molar-refractivity contribution in [1.29, 1.82) is 0 Å². The lowest BCUT2D eigenvalue weighted by atomic mass is 9.75. The molecule has 0 heterocycles. The van der Waals surface area contributed by atoms with Crippen molar-refractivity contribution in [2.24, 2.45) is 16.8 Å². The van der Waals surface area contributed by atoms with Gasteiger partial charge in [-0.25, -0.2) is 0 Å². The summed E-state index contributed by atoms with van der Waals surface area (Å²) in [6, 6.07) is 0.0701. The number of aliphatic hydroxyl groups is 2. The molecule has 0 saturated heterocycles. The van der Waals surface area contributed by atoms with Crippen molar-refractivity contribution in [3.8, 4) is 0 Å². The average Bonchev–Trinajstić information content (AvgIpc) is 2.65. The first-order valence-electron chi connectivity index (χ1n) is 10.8. The molecule has 6 atom stereocenters. The molecule has 3 aliphatic carbocycles. The molecule has 0 amide bonds. The van der Waals surface area contributed by atoms with E-state index >= 15 is 0 Å². The molecule has 0 aromatic rings. The van der Waals surface area contributed by atoms with Crippen molar-refractivity contribution >= 4 is 5.71 Å². The molecule has 6 unspecified atom stereocenters. The molecule has 26 heavy (non-hydrogen) atoms. The maximum atomic E-state index is 10.3. The van der Waals surface area contributed by atoms with Gasteiger partial charge in [-0.2, -0.15) is 0 Å². The van der Waals surface area contributed by atoms with Crippen LogP contribution < -0.4 is 0 Å². The molecule has 148 valence electrons. The van der Waals surface area contributed by atoms with Crippen molar-refractivity contribution < 1.29 is 14.9 Å². The van der Waals surface area contributed by atoms with Gasteiger partial charge in [-0.1, -0.05) is 38.7 Å². The highest BCUT2D eigenvalue weighted by Gasteiger charge is 2.34. The van der Waals surface area contributed by atoms with E-state index in [1.54, 1.807) is 0 Å². The number of ether oxygens (including phenoxy) is 1.